The summed E-state index contributed by atoms with van der Waals surface area (Å²) >= 11 is 0. The second kappa shape index (κ2) is 9.60. The van der Waals surface area contributed by atoms with Crippen molar-refractivity contribution in [3.8, 4) is 0 Å². The monoisotopic (exact) mass is 410 g/mol. The highest BCUT2D eigenvalue weighted by Crippen LogP contribution is 2.12. The Kier molecular flexibility index (Phi) is 6.69. The van der Waals surface area contributed by atoms with E-state index in [-0.39, 0.29) is 25.0 Å². The van der Waals surface area contributed by atoms with Crippen LogP contribution in [0.4, 0.5) is 19.3 Å². The Bertz CT molecular complexity index is 1030. The van der Waals surface area contributed by atoms with E-state index in [2.05, 4.69) is 15.6 Å². The van der Waals surface area contributed by atoms with Gasteiger partial charge in [0.25, 0.3) is 5.91 Å². The average molecular weight is 410 g/mol. The molecule has 0 bridgehead atoms. The van der Waals surface area contributed by atoms with E-state index in [1.165, 1.54) is 11.0 Å². The number of nitrogens with zero attached hydrogens (tertiary/aromatic N) is 2. The normalized spacial score (nSPS) is 10.4. The van der Waals surface area contributed by atoms with Crippen LogP contribution in [0, 0.1) is 11.6 Å². The van der Waals surface area contributed by atoms with Gasteiger partial charge in [0.2, 0.25) is 0 Å². The molecule has 3 aromatic rings. The van der Waals surface area contributed by atoms with Gasteiger partial charge in [-0.15, -0.1) is 0 Å². The van der Waals surface area contributed by atoms with Crippen molar-refractivity contribution in [3.05, 3.63) is 95.3 Å². The maximum Gasteiger partial charge on any atom is 0.317 e. The number of carbonyl (C=O) groups is 2. The lowest BCUT2D eigenvalue weighted by Gasteiger charge is -2.18. The number of halogens is 2. The Balaban J connectivity index is 1.49. The third-order valence-electron chi connectivity index (χ3n) is 4.35. The molecule has 3 amide bonds. The second-order valence-corrected chi connectivity index (χ2v) is 6.65. The molecule has 0 saturated carbocycles. The SMILES string of the molecule is CN(Cc1ccc(F)c(F)c1)C(=O)NCc1ccc(NC(=O)c2ccncc2)cc1. The molecule has 0 aliphatic rings. The Labute approximate surface area is 172 Å². The molecule has 0 aliphatic heterocycles. The third kappa shape index (κ3) is 5.60. The van der Waals surface area contributed by atoms with Crippen molar-refractivity contribution in [2.45, 2.75) is 13.1 Å². The van der Waals surface area contributed by atoms with Gasteiger partial charge >= 0.3 is 6.03 Å². The van der Waals surface area contributed by atoms with Gasteiger partial charge in [-0.25, -0.2) is 13.6 Å². The van der Waals surface area contributed by atoms with Crippen LogP contribution in [-0.4, -0.2) is 28.9 Å². The molecule has 0 radical (unpaired) electrons. The van der Waals surface area contributed by atoms with Crippen LogP contribution in [0.5, 0.6) is 0 Å². The molecule has 0 unspecified atom stereocenters. The standard InChI is InChI=1S/C22H20F2N4O2/c1-28(14-16-4-7-19(23)20(24)12-16)22(30)26-13-15-2-5-18(6-3-15)27-21(29)17-8-10-25-11-9-17/h2-12H,13-14H2,1H3,(H,26,30)(H,27,29). The summed E-state index contributed by atoms with van der Waals surface area (Å²) in [6.07, 6.45) is 3.09. The van der Waals surface area contributed by atoms with Crippen molar-refractivity contribution in [1.82, 2.24) is 15.2 Å². The quantitative estimate of drug-likeness (QED) is 0.646. The number of benzene rings is 2. The van der Waals surface area contributed by atoms with Gasteiger partial charge < -0.3 is 15.5 Å². The maximum atomic E-state index is 13.3. The zero-order valence-electron chi connectivity index (χ0n) is 16.2. The Morgan fingerprint density at radius 2 is 1.60 bits per heavy atom. The van der Waals surface area contributed by atoms with E-state index in [0.717, 1.165) is 17.7 Å². The van der Waals surface area contributed by atoms with Crippen molar-refractivity contribution in [2.75, 3.05) is 12.4 Å². The van der Waals surface area contributed by atoms with Crippen molar-refractivity contribution >= 4 is 17.6 Å². The number of amides is 3. The lowest BCUT2D eigenvalue weighted by atomic mass is 10.2. The molecule has 1 heterocycles. The van der Waals surface area contributed by atoms with Gasteiger partial charge in [-0.1, -0.05) is 18.2 Å². The van der Waals surface area contributed by atoms with Crippen molar-refractivity contribution in [1.29, 1.82) is 0 Å². The number of hydrogen-bond acceptors (Lipinski definition) is 3. The molecule has 8 heteroatoms. The van der Waals surface area contributed by atoms with Crippen LogP contribution in [0.3, 0.4) is 0 Å². The summed E-state index contributed by atoms with van der Waals surface area (Å²) in [5.74, 6) is -2.11. The number of pyridine rings is 1. The number of urea groups is 1. The molecular formula is C22H20F2N4O2. The van der Waals surface area contributed by atoms with Gasteiger partial charge in [-0.05, 0) is 47.5 Å². The molecule has 0 atom stereocenters. The van der Waals surface area contributed by atoms with Gasteiger partial charge in [0.05, 0.1) is 0 Å². The molecule has 0 fully saturated rings. The number of anilines is 1. The fourth-order valence-electron chi connectivity index (χ4n) is 2.71. The van der Waals surface area contributed by atoms with E-state index >= 15 is 0 Å². The first-order chi connectivity index (χ1) is 14.4. The Hall–Kier alpha value is -3.81. The minimum absolute atomic E-state index is 0.142. The largest absolute Gasteiger partial charge is 0.334 e. The molecule has 0 saturated heterocycles. The van der Waals surface area contributed by atoms with Crippen molar-refractivity contribution < 1.29 is 18.4 Å². The van der Waals surface area contributed by atoms with Gasteiger partial charge in [-0.3, -0.25) is 9.78 Å². The summed E-state index contributed by atoms with van der Waals surface area (Å²) in [6.45, 7) is 0.419. The van der Waals surface area contributed by atoms with E-state index in [1.807, 2.05) is 0 Å². The molecule has 3 rings (SSSR count). The van der Waals surface area contributed by atoms with Gasteiger partial charge in [0, 0.05) is 43.8 Å². The summed E-state index contributed by atoms with van der Waals surface area (Å²) in [7, 11) is 1.56. The van der Waals surface area contributed by atoms with Crippen molar-refractivity contribution in [3.63, 3.8) is 0 Å². The summed E-state index contributed by atoms with van der Waals surface area (Å²) in [4.78, 5) is 29.6. The predicted octanol–water partition coefficient (Wildman–Crippen LogP) is 3.95. The highest BCUT2D eigenvalue weighted by molar-refractivity contribution is 6.04. The fourth-order valence-corrected chi connectivity index (χ4v) is 2.71. The molecule has 2 aromatic carbocycles. The predicted molar refractivity (Wildman–Crippen MR) is 109 cm³/mol. The van der Waals surface area contributed by atoms with Crippen LogP contribution in [0.2, 0.25) is 0 Å². The van der Waals surface area contributed by atoms with Gasteiger partial charge in [0.15, 0.2) is 11.6 Å². The van der Waals surface area contributed by atoms with E-state index < -0.39 is 11.6 Å². The fraction of sp³-hybridized carbons (Fsp3) is 0.136. The summed E-state index contributed by atoms with van der Waals surface area (Å²) in [5.41, 5.74) is 2.46. The summed E-state index contributed by atoms with van der Waals surface area (Å²) < 4.78 is 26.3. The third-order valence-corrected chi connectivity index (χ3v) is 4.35. The zero-order valence-corrected chi connectivity index (χ0v) is 16.2. The van der Waals surface area contributed by atoms with E-state index in [9.17, 15) is 18.4 Å². The zero-order chi connectivity index (χ0) is 21.5. The smallest absolute Gasteiger partial charge is 0.317 e. The second-order valence-electron chi connectivity index (χ2n) is 6.65. The van der Waals surface area contributed by atoms with Crippen LogP contribution < -0.4 is 10.6 Å². The molecule has 1 aromatic heterocycles. The Morgan fingerprint density at radius 1 is 0.933 bits per heavy atom. The van der Waals surface area contributed by atoms with Gasteiger partial charge in [0.1, 0.15) is 0 Å². The van der Waals surface area contributed by atoms with Crippen LogP contribution in [-0.2, 0) is 13.1 Å². The van der Waals surface area contributed by atoms with Crippen LogP contribution >= 0.6 is 0 Å². The molecule has 154 valence electrons. The number of hydrogen-bond donors (Lipinski definition) is 2. The maximum absolute atomic E-state index is 13.3. The first kappa shape index (κ1) is 20.9. The number of carbonyl (C=O) groups excluding carboxylic acids is 2. The summed E-state index contributed by atoms with van der Waals surface area (Å²) in [6, 6.07) is 13.5. The molecule has 6 nitrogen and oxygen atoms in total. The van der Waals surface area contributed by atoms with Crippen molar-refractivity contribution in [2.24, 2.45) is 0 Å². The minimum Gasteiger partial charge on any atom is -0.334 e. The van der Waals surface area contributed by atoms with Crippen LogP contribution in [0.15, 0.2) is 67.0 Å². The average Bonchev–Trinajstić information content (AvgIpc) is 2.76. The number of rotatable bonds is 6. The molecular weight excluding hydrogens is 390 g/mol. The van der Waals surface area contributed by atoms with E-state index in [4.69, 9.17) is 0 Å². The lowest BCUT2D eigenvalue weighted by Crippen LogP contribution is -2.36. The first-order valence-corrected chi connectivity index (χ1v) is 9.15. The first-order valence-electron chi connectivity index (χ1n) is 9.15. The van der Waals surface area contributed by atoms with Gasteiger partial charge in [-0.2, -0.15) is 0 Å². The number of aromatic nitrogens is 1. The molecule has 0 spiro atoms. The molecule has 0 aliphatic carbocycles. The minimum atomic E-state index is -0.947. The van der Waals surface area contributed by atoms with Crippen LogP contribution in [0.1, 0.15) is 21.5 Å². The van der Waals surface area contributed by atoms with E-state index in [1.54, 1.807) is 55.8 Å². The topological polar surface area (TPSA) is 74.3 Å². The highest BCUT2D eigenvalue weighted by atomic mass is 19.2. The van der Waals surface area contributed by atoms with E-state index in [0.29, 0.717) is 16.8 Å². The number of nitrogens with one attached hydrogen (secondary N) is 2. The highest BCUT2D eigenvalue weighted by Gasteiger charge is 2.11. The molecule has 2 N–H and O–H groups in total. The summed E-state index contributed by atoms with van der Waals surface area (Å²) in [5, 5.41) is 5.54. The Morgan fingerprint density at radius 3 is 2.27 bits per heavy atom. The lowest BCUT2D eigenvalue weighted by molar-refractivity contribution is 0.102. The molecule has 30 heavy (non-hydrogen) atoms. The van der Waals surface area contributed by atoms with Crippen LogP contribution in [0.25, 0.3) is 0 Å².